The third kappa shape index (κ3) is 7.24. The van der Waals surface area contributed by atoms with E-state index in [2.05, 4.69) is 0 Å². The molecular formula is C20H30O10. The molecule has 0 bridgehead atoms. The highest BCUT2D eigenvalue weighted by Gasteiger charge is 2.41. The normalized spacial score (nSPS) is 25.7. The summed E-state index contributed by atoms with van der Waals surface area (Å²) in [5.74, 6) is -3.95. The summed E-state index contributed by atoms with van der Waals surface area (Å²) in [6.45, 7) is 5.20. The van der Waals surface area contributed by atoms with Crippen molar-refractivity contribution in [2.75, 3.05) is 39.6 Å². The van der Waals surface area contributed by atoms with Crippen molar-refractivity contribution in [2.45, 2.75) is 51.7 Å². The van der Waals surface area contributed by atoms with Crippen LogP contribution in [0.4, 0.5) is 0 Å². The lowest BCUT2D eigenvalue weighted by atomic mass is 10.1. The molecule has 0 aromatic carbocycles. The van der Waals surface area contributed by atoms with Gasteiger partial charge < -0.3 is 28.4 Å². The van der Waals surface area contributed by atoms with Crippen LogP contribution in [0.1, 0.15) is 39.5 Å². The molecule has 2 aliphatic heterocycles. The van der Waals surface area contributed by atoms with Crippen LogP contribution in [0.3, 0.4) is 0 Å². The van der Waals surface area contributed by atoms with E-state index >= 15 is 0 Å². The first-order valence-electron chi connectivity index (χ1n) is 10.4. The summed E-state index contributed by atoms with van der Waals surface area (Å²) in [4.78, 5) is 46.6. The molecule has 4 unspecified atom stereocenters. The van der Waals surface area contributed by atoms with Gasteiger partial charge in [0, 0.05) is 26.1 Å². The predicted molar refractivity (Wildman–Crippen MR) is 100 cm³/mol. The van der Waals surface area contributed by atoms with Gasteiger partial charge in [-0.3, -0.25) is 19.2 Å². The van der Waals surface area contributed by atoms with Crippen LogP contribution in [0.5, 0.6) is 0 Å². The average Bonchev–Trinajstić information content (AvgIpc) is 3.26. The topological polar surface area (TPSA) is 124 Å². The minimum Gasteiger partial charge on any atom is -0.465 e. The second-order valence-corrected chi connectivity index (χ2v) is 7.06. The molecule has 0 spiro atoms. The van der Waals surface area contributed by atoms with E-state index in [-0.39, 0.29) is 39.3 Å². The monoisotopic (exact) mass is 430 g/mol. The molecule has 0 radical (unpaired) electrons. The third-order valence-electron chi connectivity index (χ3n) is 4.71. The van der Waals surface area contributed by atoms with Gasteiger partial charge in [0.1, 0.15) is 12.2 Å². The van der Waals surface area contributed by atoms with Crippen molar-refractivity contribution < 1.29 is 47.6 Å². The summed E-state index contributed by atoms with van der Waals surface area (Å²) in [5, 5.41) is 0. The second kappa shape index (κ2) is 12.5. The van der Waals surface area contributed by atoms with Gasteiger partial charge in [-0.2, -0.15) is 0 Å². The number of cyclic esters (lactones) is 2. The quantitative estimate of drug-likeness (QED) is 0.179. The highest BCUT2D eigenvalue weighted by Crippen LogP contribution is 2.24. The number of hydrogen-bond donors (Lipinski definition) is 0. The van der Waals surface area contributed by atoms with E-state index in [9.17, 15) is 19.2 Å². The molecule has 170 valence electrons. The van der Waals surface area contributed by atoms with Crippen LogP contribution in [0.2, 0.25) is 0 Å². The molecule has 0 aliphatic carbocycles. The SMILES string of the molecule is CCOC(=O)C1CC(COCCCCOCC2CC(C(=O)OCC)C(=O)O2)OC1=O. The smallest absolute Gasteiger partial charge is 0.320 e. The molecule has 4 atom stereocenters. The Labute approximate surface area is 175 Å². The molecule has 2 rings (SSSR count). The van der Waals surface area contributed by atoms with Gasteiger partial charge in [-0.05, 0) is 26.7 Å². The van der Waals surface area contributed by atoms with Gasteiger partial charge >= 0.3 is 23.9 Å². The van der Waals surface area contributed by atoms with E-state index in [1.54, 1.807) is 13.8 Å². The van der Waals surface area contributed by atoms with Crippen molar-refractivity contribution in [3.8, 4) is 0 Å². The van der Waals surface area contributed by atoms with Crippen molar-refractivity contribution in [3.05, 3.63) is 0 Å². The van der Waals surface area contributed by atoms with Crippen LogP contribution in [0.15, 0.2) is 0 Å². The first-order chi connectivity index (χ1) is 14.5. The van der Waals surface area contributed by atoms with Crippen molar-refractivity contribution >= 4 is 23.9 Å². The first-order valence-corrected chi connectivity index (χ1v) is 10.4. The summed E-state index contributed by atoms with van der Waals surface area (Å²) in [6, 6.07) is 0. The molecule has 0 amide bonds. The number of esters is 4. The van der Waals surface area contributed by atoms with Crippen LogP contribution in [0.25, 0.3) is 0 Å². The van der Waals surface area contributed by atoms with E-state index in [1.165, 1.54) is 0 Å². The molecule has 30 heavy (non-hydrogen) atoms. The van der Waals surface area contributed by atoms with Crippen molar-refractivity contribution in [1.82, 2.24) is 0 Å². The molecule has 10 heteroatoms. The van der Waals surface area contributed by atoms with Gasteiger partial charge in [0.2, 0.25) is 0 Å². The van der Waals surface area contributed by atoms with Crippen LogP contribution >= 0.6 is 0 Å². The van der Waals surface area contributed by atoms with Crippen LogP contribution in [0, 0.1) is 11.8 Å². The maximum Gasteiger partial charge on any atom is 0.320 e. The van der Waals surface area contributed by atoms with Gasteiger partial charge in [0.05, 0.1) is 26.4 Å². The zero-order valence-electron chi connectivity index (χ0n) is 17.5. The lowest BCUT2D eigenvalue weighted by molar-refractivity contribution is -0.158. The Kier molecular flexibility index (Phi) is 10.0. The minimum atomic E-state index is -0.861. The van der Waals surface area contributed by atoms with Crippen molar-refractivity contribution in [1.29, 1.82) is 0 Å². The Bertz CT molecular complexity index is 552. The van der Waals surface area contributed by atoms with E-state index in [0.29, 0.717) is 13.2 Å². The number of carbonyl (C=O) groups is 4. The largest absolute Gasteiger partial charge is 0.465 e. The average molecular weight is 430 g/mol. The second-order valence-electron chi connectivity index (χ2n) is 7.06. The van der Waals surface area contributed by atoms with Crippen LogP contribution < -0.4 is 0 Å². The highest BCUT2D eigenvalue weighted by molar-refractivity contribution is 5.96. The molecule has 2 fully saturated rings. The number of unbranched alkanes of at least 4 members (excludes halogenated alkanes) is 1. The van der Waals surface area contributed by atoms with Gasteiger partial charge in [-0.25, -0.2) is 0 Å². The van der Waals surface area contributed by atoms with Gasteiger partial charge in [-0.1, -0.05) is 0 Å². The molecule has 2 heterocycles. The number of ether oxygens (including phenoxy) is 6. The Hall–Kier alpha value is -2.20. The molecule has 2 aliphatic rings. The highest BCUT2D eigenvalue weighted by atomic mass is 16.6. The fourth-order valence-electron chi connectivity index (χ4n) is 3.22. The van der Waals surface area contributed by atoms with E-state index in [0.717, 1.165) is 12.8 Å². The van der Waals surface area contributed by atoms with Crippen molar-refractivity contribution in [2.24, 2.45) is 11.8 Å². The molecule has 0 saturated carbocycles. The zero-order chi connectivity index (χ0) is 21.9. The lowest BCUT2D eigenvalue weighted by Gasteiger charge is -2.11. The Balaban J connectivity index is 1.48. The molecule has 2 saturated heterocycles. The molecular weight excluding hydrogens is 400 g/mol. The maximum atomic E-state index is 11.7. The minimum absolute atomic E-state index is 0.223. The Morgan fingerprint density at radius 2 is 1.20 bits per heavy atom. The summed E-state index contributed by atoms with van der Waals surface area (Å²) in [6.07, 6.45) is 1.14. The van der Waals surface area contributed by atoms with E-state index in [4.69, 9.17) is 28.4 Å². The van der Waals surface area contributed by atoms with Gasteiger partial charge in [0.25, 0.3) is 0 Å². The molecule has 0 aromatic heterocycles. The van der Waals surface area contributed by atoms with Crippen molar-refractivity contribution in [3.63, 3.8) is 0 Å². The van der Waals surface area contributed by atoms with Gasteiger partial charge in [-0.15, -0.1) is 0 Å². The number of hydrogen-bond acceptors (Lipinski definition) is 10. The molecule has 10 nitrogen and oxygen atoms in total. The summed E-state index contributed by atoms with van der Waals surface area (Å²) in [5.41, 5.74) is 0. The standard InChI is InChI=1S/C20H30O10/c1-3-27-17(21)15-9-13(29-19(15)23)11-25-7-5-6-8-26-12-14-10-16(20(24)30-14)18(22)28-4-2/h13-16H,3-12H2,1-2H3. The van der Waals surface area contributed by atoms with Gasteiger partial charge in [0.15, 0.2) is 11.8 Å². The van der Waals surface area contributed by atoms with E-state index in [1.807, 2.05) is 0 Å². The fraction of sp³-hybridized carbons (Fsp3) is 0.800. The number of carbonyl (C=O) groups excluding carboxylic acids is 4. The Morgan fingerprint density at radius 3 is 1.57 bits per heavy atom. The first kappa shape index (κ1) is 24.1. The maximum absolute atomic E-state index is 11.7. The zero-order valence-corrected chi connectivity index (χ0v) is 17.5. The summed E-state index contributed by atoms with van der Waals surface area (Å²) in [7, 11) is 0. The predicted octanol–water partition coefficient (Wildman–Crippen LogP) is 0.789. The fourth-order valence-corrected chi connectivity index (χ4v) is 3.22. The summed E-state index contributed by atoms with van der Waals surface area (Å²) >= 11 is 0. The number of rotatable bonds is 13. The van der Waals surface area contributed by atoms with Crippen LogP contribution in [-0.2, 0) is 47.6 Å². The Morgan fingerprint density at radius 1 is 0.800 bits per heavy atom. The third-order valence-corrected chi connectivity index (χ3v) is 4.71. The summed E-state index contributed by atoms with van der Waals surface area (Å²) < 4.78 is 31.0. The van der Waals surface area contributed by atoms with Crippen LogP contribution in [-0.4, -0.2) is 75.7 Å². The molecule has 0 aromatic rings. The lowest BCUT2D eigenvalue weighted by Crippen LogP contribution is -2.21. The molecule has 0 N–H and O–H groups in total. The van der Waals surface area contributed by atoms with E-state index < -0.39 is 47.9 Å².